The van der Waals surface area contributed by atoms with E-state index in [1.807, 2.05) is 91.0 Å². The molecule has 6 rings (SSSR count). The van der Waals surface area contributed by atoms with Gasteiger partial charge in [0.15, 0.2) is 5.84 Å². The van der Waals surface area contributed by atoms with Crippen molar-refractivity contribution < 1.29 is 31.1 Å². The molecular formula is C37H33BF2N4O5S. The minimum atomic E-state index is -4.09. The summed E-state index contributed by atoms with van der Waals surface area (Å²) in [6.45, 7) is 0.840. The van der Waals surface area contributed by atoms with Crippen LogP contribution in [0.25, 0.3) is 28.0 Å². The maximum absolute atomic E-state index is 15.2. The van der Waals surface area contributed by atoms with Gasteiger partial charge in [0.05, 0.1) is 18.1 Å². The molecule has 1 aliphatic rings. The van der Waals surface area contributed by atoms with Crippen LogP contribution in [0.2, 0.25) is 0 Å². The van der Waals surface area contributed by atoms with Gasteiger partial charge < -0.3 is 19.7 Å². The highest BCUT2D eigenvalue weighted by atomic mass is 32.2. The molecule has 1 aliphatic heterocycles. The summed E-state index contributed by atoms with van der Waals surface area (Å²) in [6.07, 6.45) is 1.99. The van der Waals surface area contributed by atoms with Crippen LogP contribution in [0, 0.1) is 0 Å². The third-order valence-corrected chi connectivity index (χ3v) is 8.64. The van der Waals surface area contributed by atoms with Gasteiger partial charge in [-0.3, -0.25) is 13.2 Å². The van der Waals surface area contributed by atoms with E-state index in [1.54, 1.807) is 30.3 Å². The SMILES string of the molecule is NCCOc1ccc(C2=N/C(=N\c3c(-c4ccccc4)cc(-c4ccc(OCCCS(=O)(=O)O)cc4)n3B(F)F)C(c3ccccc3)=C2)cc1. The van der Waals surface area contributed by atoms with Crippen molar-refractivity contribution in [3.63, 3.8) is 0 Å². The van der Waals surface area contributed by atoms with Gasteiger partial charge in [0, 0.05) is 28.9 Å². The number of hydrogen-bond acceptors (Lipinski definition) is 6. The second-order valence-electron chi connectivity index (χ2n) is 11.3. The van der Waals surface area contributed by atoms with Crippen LogP contribution in [0.5, 0.6) is 11.5 Å². The number of benzene rings is 4. The normalized spacial score (nSPS) is 13.6. The molecule has 254 valence electrons. The zero-order valence-electron chi connectivity index (χ0n) is 26.8. The summed E-state index contributed by atoms with van der Waals surface area (Å²) in [5.41, 5.74) is 10.4. The molecule has 50 heavy (non-hydrogen) atoms. The van der Waals surface area contributed by atoms with Crippen molar-refractivity contribution in [3.05, 3.63) is 132 Å². The Bertz CT molecular complexity index is 2140. The van der Waals surface area contributed by atoms with Crippen LogP contribution < -0.4 is 15.2 Å². The van der Waals surface area contributed by atoms with Crippen molar-refractivity contribution in [3.8, 4) is 33.9 Å². The van der Waals surface area contributed by atoms with Gasteiger partial charge in [-0.25, -0.2) is 9.98 Å². The van der Waals surface area contributed by atoms with E-state index in [4.69, 9.17) is 29.7 Å². The summed E-state index contributed by atoms with van der Waals surface area (Å²) >= 11 is 0. The van der Waals surface area contributed by atoms with E-state index in [1.165, 1.54) is 0 Å². The van der Waals surface area contributed by atoms with E-state index >= 15 is 8.63 Å². The first kappa shape index (κ1) is 34.5. The van der Waals surface area contributed by atoms with E-state index in [2.05, 4.69) is 0 Å². The maximum atomic E-state index is 15.2. The number of amidine groups is 1. The molecule has 9 nitrogen and oxygen atoms in total. The minimum absolute atomic E-state index is 0.0408. The van der Waals surface area contributed by atoms with E-state index in [0.717, 1.165) is 15.6 Å². The van der Waals surface area contributed by atoms with Gasteiger partial charge in [-0.1, -0.05) is 60.7 Å². The molecule has 0 saturated carbocycles. The lowest BCUT2D eigenvalue weighted by Crippen LogP contribution is -2.14. The number of aromatic nitrogens is 1. The van der Waals surface area contributed by atoms with Crippen molar-refractivity contribution in [1.29, 1.82) is 0 Å². The van der Waals surface area contributed by atoms with E-state index in [9.17, 15) is 8.42 Å². The lowest BCUT2D eigenvalue weighted by atomic mass is 10.0. The molecule has 0 spiro atoms. The molecule has 0 amide bonds. The molecule has 3 N–H and O–H groups in total. The molecule has 0 bridgehead atoms. The summed E-state index contributed by atoms with van der Waals surface area (Å²) in [4.78, 5) is 9.76. The fourth-order valence-corrected chi connectivity index (χ4v) is 5.98. The van der Waals surface area contributed by atoms with Crippen LogP contribution in [0.1, 0.15) is 17.5 Å². The van der Waals surface area contributed by atoms with Crippen LogP contribution >= 0.6 is 0 Å². The molecular weight excluding hydrogens is 661 g/mol. The largest absolute Gasteiger partial charge is 0.679 e. The highest BCUT2D eigenvalue weighted by molar-refractivity contribution is 7.85. The first-order chi connectivity index (χ1) is 24.2. The van der Waals surface area contributed by atoms with E-state index in [0.29, 0.717) is 52.6 Å². The molecule has 13 heteroatoms. The zero-order valence-corrected chi connectivity index (χ0v) is 27.6. The van der Waals surface area contributed by atoms with Gasteiger partial charge in [-0.05, 0) is 83.8 Å². The quantitative estimate of drug-likeness (QED) is 0.0719. The fourth-order valence-electron chi connectivity index (χ4n) is 5.50. The molecule has 0 aliphatic carbocycles. The number of rotatable bonds is 14. The van der Waals surface area contributed by atoms with Crippen molar-refractivity contribution in [2.45, 2.75) is 6.42 Å². The molecule has 0 fully saturated rings. The first-order valence-corrected chi connectivity index (χ1v) is 17.5. The van der Waals surface area contributed by atoms with E-state index in [-0.39, 0.29) is 30.4 Å². The minimum Gasteiger partial charge on any atom is -0.494 e. The second-order valence-corrected chi connectivity index (χ2v) is 12.9. The van der Waals surface area contributed by atoms with Gasteiger partial charge in [0.25, 0.3) is 10.1 Å². The van der Waals surface area contributed by atoms with Crippen molar-refractivity contribution in [2.24, 2.45) is 15.7 Å². The van der Waals surface area contributed by atoms with Crippen molar-refractivity contribution in [2.75, 3.05) is 25.5 Å². The molecule has 2 heterocycles. The molecule has 5 aromatic rings. The summed E-state index contributed by atoms with van der Waals surface area (Å²) in [7, 11) is -7.04. The Morgan fingerprint density at radius 1 is 0.780 bits per heavy atom. The third-order valence-electron chi connectivity index (χ3n) is 7.84. The lowest BCUT2D eigenvalue weighted by Gasteiger charge is -2.11. The molecule has 0 saturated heterocycles. The summed E-state index contributed by atoms with van der Waals surface area (Å²) in [6, 6.07) is 34.4. The van der Waals surface area contributed by atoms with Crippen LogP contribution in [-0.2, 0) is 10.1 Å². The number of nitrogens with zero attached hydrogens (tertiary/aromatic N) is 3. The van der Waals surface area contributed by atoms with Gasteiger partial charge >= 0.3 is 7.40 Å². The van der Waals surface area contributed by atoms with Gasteiger partial charge in [-0.2, -0.15) is 8.42 Å². The Labute approximate surface area is 289 Å². The van der Waals surface area contributed by atoms with Crippen LogP contribution in [0.15, 0.2) is 131 Å². The Balaban J connectivity index is 1.43. The van der Waals surface area contributed by atoms with Gasteiger partial charge in [0.1, 0.15) is 23.9 Å². The maximum Gasteiger partial charge on any atom is 0.679 e. The average Bonchev–Trinajstić information content (AvgIpc) is 3.72. The molecule has 0 radical (unpaired) electrons. The smallest absolute Gasteiger partial charge is 0.494 e. The Morgan fingerprint density at radius 3 is 1.94 bits per heavy atom. The zero-order chi connectivity index (χ0) is 35.1. The predicted molar refractivity (Wildman–Crippen MR) is 194 cm³/mol. The highest BCUT2D eigenvalue weighted by Gasteiger charge is 2.30. The van der Waals surface area contributed by atoms with Gasteiger partial charge in [0.2, 0.25) is 0 Å². The Morgan fingerprint density at radius 2 is 1.36 bits per heavy atom. The lowest BCUT2D eigenvalue weighted by molar-refractivity contribution is 0.316. The Kier molecular flexibility index (Phi) is 10.7. The molecule has 4 aromatic carbocycles. The van der Waals surface area contributed by atoms with Crippen LogP contribution in [-0.4, -0.2) is 61.9 Å². The second kappa shape index (κ2) is 15.5. The number of ether oxygens (including phenoxy) is 2. The van der Waals surface area contributed by atoms with Crippen LogP contribution in [0.3, 0.4) is 0 Å². The third kappa shape index (κ3) is 8.25. The summed E-state index contributed by atoms with van der Waals surface area (Å²) < 4.78 is 73.4. The number of allylic oxidation sites excluding steroid dienone is 1. The number of hydrogen-bond donors (Lipinski definition) is 2. The predicted octanol–water partition coefficient (Wildman–Crippen LogP) is 7.20. The molecule has 0 atom stereocenters. The number of aliphatic imine (C=N–C) groups is 2. The van der Waals surface area contributed by atoms with Crippen LogP contribution in [0.4, 0.5) is 14.4 Å². The summed E-state index contributed by atoms with van der Waals surface area (Å²) in [5, 5.41) is 0. The molecule has 1 aromatic heterocycles. The molecule has 0 unspecified atom stereocenters. The first-order valence-electron chi connectivity index (χ1n) is 15.9. The standard InChI is InChI=1S/C37H33BF2N4O5S/c39-38(40)44-35(29-14-18-30(19-15-29)48-21-7-23-50(45,46)47)25-33(27-10-5-2-6-11-27)37(44)43-36-32(26-8-3-1-4-9-26)24-34(42-36)28-12-16-31(17-13-28)49-22-20-41/h1-6,8-19,24-25H,7,20-23,41H2,(H,45,46,47)/b43-36-. The summed E-state index contributed by atoms with van der Waals surface area (Å²) in [5.74, 6) is 0.994. The van der Waals surface area contributed by atoms with Gasteiger partial charge in [-0.15, -0.1) is 0 Å². The highest BCUT2D eigenvalue weighted by Crippen LogP contribution is 2.40. The fraction of sp³-hybridized carbons (Fsp3) is 0.135. The van der Waals surface area contributed by atoms with Crippen molar-refractivity contribution in [1.82, 2.24) is 4.48 Å². The monoisotopic (exact) mass is 694 g/mol. The number of nitrogens with two attached hydrogens (primary N) is 1. The topological polar surface area (TPSA) is 128 Å². The van der Waals surface area contributed by atoms with E-state index < -0.39 is 23.3 Å². The average molecular weight is 695 g/mol. The Hall–Kier alpha value is -5.37. The number of halogens is 2. The van der Waals surface area contributed by atoms with Crippen molar-refractivity contribution >= 4 is 40.5 Å².